The number of benzene rings is 2. The maximum atomic E-state index is 14.5. The monoisotopic (exact) mass is 461 g/mol. The minimum absolute atomic E-state index is 0.107. The molecule has 0 bridgehead atoms. The third-order valence-corrected chi connectivity index (χ3v) is 6.61. The van der Waals surface area contributed by atoms with Crippen LogP contribution >= 0.6 is 0 Å². The van der Waals surface area contributed by atoms with Gasteiger partial charge in [-0.3, -0.25) is 14.5 Å². The van der Waals surface area contributed by atoms with E-state index in [1.165, 1.54) is 10.7 Å². The van der Waals surface area contributed by atoms with Gasteiger partial charge < -0.3 is 9.47 Å². The van der Waals surface area contributed by atoms with Gasteiger partial charge in [0.15, 0.2) is 0 Å². The summed E-state index contributed by atoms with van der Waals surface area (Å²) in [6.07, 6.45) is 2.73. The third-order valence-electron chi connectivity index (χ3n) is 6.61. The van der Waals surface area contributed by atoms with Gasteiger partial charge >= 0.3 is 0 Å². The average Bonchev–Trinajstić information content (AvgIpc) is 3.17. The number of amides is 1. The highest BCUT2D eigenvalue weighted by molar-refractivity contribution is 6.07. The van der Waals surface area contributed by atoms with Crippen LogP contribution in [-0.4, -0.2) is 62.8 Å². The fraction of sp³-hybridized carbons (Fsp3) is 0.346. The molecule has 0 atom stereocenters. The summed E-state index contributed by atoms with van der Waals surface area (Å²) in [6, 6.07) is 14.2. The number of piperazine rings is 1. The van der Waals surface area contributed by atoms with Gasteiger partial charge in [-0.1, -0.05) is 43.3 Å². The number of aromatic nitrogens is 3. The van der Waals surface area contributed by atoms with E-state index >= 15 is 0 Å². The summed E-state index contributed by atoms with van der Waals surface area (Å²) >= 11 is 0. The van der Waals surface area contributed by atoms with Crippen LogP contribution in [0.4, 0.5) is 4.39 Å². The van der Waals surface area contributed by atoms with E-state index in [4.69, 9.17) is 0 Å². The molecule has 34 heavy (non-hydrogen) atoms. The molecule has 3 heterocycles. The molecule has 7 nitrogen and oxygen atoms in total. The maximum Gasteiger partial charge on any atom is 0.291 e. The number of carbonyl (C=O) groups is 1. The Morgan fingerprint density at radius 1 is 1.00 bits per heavy atom. The molecule has 0 spiro atoms. The Kier molecular flexibility index (Phi) is 6.15. The second-order valence-corrected chi connectivity index (χ2v) is 8.79. The van der Waals surface area contributed by atoms with Gasteiger partial charge in [0.1, 0.15) is 17.9 Å². The molecule has 8 heteroatoms. The summed E-state index contributed by atoms with van der Waals surface area (Å²) in [5, 5.41) is 5.91. The Hall–Kier alpha value is -3.52. The Morgan fingerprint density at radius 2 is 1.74 bits per heavy atom. The molecule has 0 aliphatic carbocycles. The molecule has 1 amide bonds. The van der Waals surface area contributed by atoms with Crippen molar-refractivity contribution in [3.8, 4) is 0 Å². The number of nitrogens with zero attached hydrogens (tertiary/aromatic N) is 5. The summed E-state index contributed by atoms with van der Waals surface area (Å²) < 4.78 is 17.5. The molecule has 4 aromatic rings. The second-order valence-electron chi connectivity index (χ2n) is 8.79. The van der Waals surface area contributed by atoms with Crippen molar-refractivity contribution in [3.63, 3.8) is 0 Å². The number of fused-ring (bicyclic) bond motifs is 3. The molecular formula is C26H28FN5O2. The van der Waals surface area contributed by atoms with Gasteiger partial charge in [-0.05, 0) is 25.1 Å². The van der Waals surface area contributed by atoms with Gasteiger partial charge in [-0.2, -0.15) is 5.10 Å². The van der Waals surface area contributed by atoms with Gasteiger partial charge in [-0.15, -0.1) is 0 Å². The van der Waals surface area contributed by atoms with Gasteiger partial charge in [0.25, 0.3) is 5.56 Å². The smallest absolute Gasteiger partial charge is 0.291 e. The van der Waals surface area contributed by atoms with E-state index in [-0.39, 0.29) is 30.4 Å². The van der Waals surface area contributed by atoms with Gasteiger partial charge in [-0.25, -0.2) is 9.07 Å². The zero-order valence-corrected chi connectivity index (χ0v) is 19.3. The standard InChI is InChI=1S/C26H28FN5O2/c1-2-11-29-12-14-30(15-13-29)24(33)18-32-26(34)25-21(16-28-32)20-8-4-6-10-23(20)31(25)17-19-7-3-5-9-22(19)27/h3-10,16H,2,11-15,17-18H2,1H3. The molecule has 0 N–H and O–H groups in total. The van der Waals surface area contributed by atoms with E-state index in [1.807, 2.05) is 28.8 Å². The lowest BCUT2D eigenvalue weighted by atomic mass is 10.2. The summed E-state index contributed by atoms with van der Waals surface area (Å²) in [5.41, 5.74) is 1.41. The van der Waals surface area contributed by atoms with Crippen LogP contribution in [0.15, 0.2) is 59.5 Å². The molecule has 1 aliphatic heterocycles. The summed E-state index contributed by atoms with van der Waals surface area (Å²) in [7, 11) is 0. The van der Waals surface area contributed by atoms with Gasteiger partial charge in [0, 0.05) is 48.0 Å². The number of hydrogen-bond donors (Lipinski definition) is 0. The van der Waals surface area contributed by atoms with Crippen LogP contribution in [0.2, 0.25) is 0 Å². The van der Waals surface area contributed by atoms with Crippen molar-refractivity contribution >= 4 is 27.7 Å². The predicted molar refractivity (Wildman–Crippen MR) is 130 cm³/mol. The molecule has 0 unspecified atom stereocenters. The first-order chi connectivity index (χ1) is 16.6. The van der Waals surface area contributed by atoms with Crippen molar-refractivity contribution in [1.82, 2.24) is 24.1 Å². The zero-order valence-electron chi connectivity index (χ0n) is 19.3. The van der Waals surface area contributed by atoms with Crippen LogP contribution in [0.5, 0.6) is 0 Å². The van der Waals surface area contributed by atoms with Crippen LogP contribution in [0, 0.1) is 5.82 Å². The number of carbonyl (C=O) groups excluding carboxylic acids is 1. The Bertz CT molecular complexity index is 1400. The maximum absolute atomic E-state index is 14.5. The zero-order chi connectivity index (χ0) is 23.7. The molecule has 2 aromatic heterocycles. The van der Waals surface area contributed by atoms with Gasteiger partial charge in [0.2, 0.25) is 5.91 Å². The fourth-order valence-corrected chi connectivity index (χ4v) is 4.83. The Balaban J connectivity index is 1.50. The average molecular weight is 462 g/mol. The fourth-order valence-electron chi connectivity index (χ4n) is 4.83. The molecule has 1 aliphatic rings. The van der Waals surface area contributed by atoms with Crippen LogP contribution in [0.1, 0.15) is 18.9 Å². The van der Waals surface area contributed by atoms with Crippen molar-refractivity contribution in [2.24, 2.45) is 0 Å². The van der Waals surface area contributed by atoms with Crippen molar-refractivity contribution < 1.29 is 9.18 Å². The number of para-hydroxylation sites is 1. The van der Waals surface area contributed by atoms with Crippen LogP contribution < -0.4 is 5.56 Å². The van der Waals surface area contributed by atoms with Gasteiger partial charge in [0.05, 0.1) is 12.7 Å². The van der Waals surface area contributed by atoms with E-state index < -0.39 is 0 Å². The molecule has 1 fully saturated rings. The highest BCUT2D eigenvalue weighted by Crippen LogP contribution is 2.27. The quantitative estimate of drug-likeness (QED) is 0.443. The van der Waals surface area contributed by atoms with Crippen LogP contribution in [-0.2, 0) is 17.9 Å². The van der Waals surface area contributed by atoms with E-state index in [2.05, 4.69) is 16.9 Å². The van der Waals surface area contributed by atoms with E-state index in [9.17, 15) is 14.0 Å². The van der Waals surface area contributed by atoms with E-state index in [1.54, 1.807) is 29.3 Å². The summed E-state index contributed by atoms with van der Waals surface area (Å²) in [5.74, 6) is -0.429. The Labute approximate surface area is 197 Å². The molecule has 176 valence electrons. The van der Waals surface area contributed by atoms with Crippen molar-refractivity contribution in [3.05, 3.63) is 76.5 Å². The molecular weight excluding hydrogens is 433 g/mol. The SMILES string of the molecule is CCCN1CCN(C(=O)Cn2ncc3c4ccccc4n(Cc4ccccc4F)c3c2=O)CC1. The number of halogens is 1. The van der Waals surface area contributed by atoms with E-state index in [0.717, 1.165) is 37.0 Å². The van der Waals surface area contributed by atoms with Crippen molar-refractivity contribution in [2.45, 2.75) is 26.4 Å². The summed E-state index contributed by atoms with van der Waals surface area (Å²) in [4.78, 5) is 30.7. The summed E-state index contributed by atoms with van der Waals surface area (Å²) in [6.45, 7) is 6.29. The lowest BCUT2D eigenvalue weighted by Gasteiger charge is -2.34. The van der Waals surface area contributed by atoms with Crippen molar-refractivity contribution in [2.75, 3.05) is 32.7 Å². The van der Waals surface area contributed by atoms with Crippen LogP contribution in [0.25, 0.3) is 21.8 Å². The predicted octanol–water partition coefficient (Wildman–Crippen LogP) is 3.09. The second kappa shape index (κ2) is 9.38. The molecule has 5 rings (SSSR count). The lowest BCUT2D eigenvalue weighted by Crippen LogP contribution is -2.50. The van der Waals surface area contributed by atoms with Crippen LogP contribution in [0.3, 0.4) is 0 Å². The van der Waals surface area contributed by atoms with Crippen molar-refractivity contribution in [1.29, 1.82) is 0 Å². The first-order valence-electron chi connectivity index (χ1n) is 11.8. The largest absolute Gasteiger partial charge is 0.339 e. The molecule has 2 aromatic carbocycles. The number of hydrogen-bond acceptors (Lipinski definition) is 4. The van der Waals surface area contributed by atoms with E-state index in [0.29, 0.717) is 29.6 Å². The normalized spacial score (nSPS) is 14.8. The molecule has 0 radical (unpaired) electrons. The Morgan fingerprint density at radius 3 is 2.50 bits per heavy atom. The first kappa shape index (κ1) is 22.3. The lowest BCUT2D eigenvalue weighted by molar-refractivity contribution is -0.133. The minimum Gasteiger partial charge on any atom is -0.339 e. The highest BCUT2D eigenvalue weighted by atomic mass is 19.1. The third kappa shape index (κ3) is 4.09. The first-order valence-corrected chi connectivity index (χ1v) is 11.8. The number of rotatable bonds is 6. The molecule has 1 saturated heterocycles. The minimum atomic E-state index is -0.344. The molecule has 0 saturated carbocycles. The highest BCUT2D eigenvalue weighted by Gasteiger charge is 2.23. The topological polar surface area (TPSA) is 63.4 Å².